The molecule has 1 aliphatic carbocycles. The van der Waals surface area contributed by atoms with Crippen LogP contribution in [0.3, 0.4) is 0 Å². The largest absolute Gasteiger partial charge is 0.487 e. The first-order valence-electron chi connectivity index (χ1n) is 7.58. The maximum atomic E-state index is 5.87. The Morgan fingerprint density at radius 1 is 1.19 bits per heavy atom. The summed E-state index contributed by atoms with van der Waals surface area (Å²) in [5.74, 6) is 0.941. The van der Waals surface area contributed by atoms with E-state index in [0.717, 1.165) is 29.6 Å². The molecule has 0 aliphatic heterocycles. The molecule has 1 aromatic heterocycles. The molecule has 3 rings (SSSR count). The molecule has 0 amide bonds. The van der Waals surface area contributed by atoms with Gasteiger partial charge in [-0.05, 0) is 55.5 Å². The molecule has 0 bridgehead atoms. The number of nitrogens with one attached hydrogen (secondary N) is 1. The Bertz CT molecular complexity index is 603. The predicted molar refractivity (Wildman–Crippen MR) is 84.3 cm³/mol. The van der Waals surface area contributed by atoms with E-state index in [1.54, 1.807) is 0 Å². The van der Waals surface area contributed by atoms with E-state index in [9.17, 15) is 0 Å². The van der Waals surface area contributed by atoms with Crippen LogP contribution in [0.5, 0.6) is 5.75 Å². The van der Waals surface area contributed by atoms with E-state index in [-0.39, 0.29) is 0 Å². The van der Waals surface area contributed by atoms with Crippen molar-refractivity contribution < 1.29 is 4.74 Å². The Morgan fingerprint density at radius 2 is 2.05 bits per heavy atom. The fourth-order valence-corrected chi connectivity index (χ4v) is 2.21. The predicted octanol–water partition coefficient (Wildman–Crippen LogP) is 3.53. The third kappa shape index (κ3) is 4.05. The molecule has 0 spiro atoms. The summed E-state index contributed by atoms with van der Waals surface area (Å²) in [4.78, 5) is 4.48. The van der Waals surface area contributed by atoms with Gasteiger partial charge in [0.25, 0.3) is 0 Å². The third-order valence-electron chi connectivity index (χ3n) is 3.78. The van der Waals surface area contributed by atoms with Crippen molar-refractivity contribution in [3.8, 4) is 5.75 Å². The van der Waals surface area contributed by atoms with Crippen LogP contribution in [0, 0.1) is 13.8 Å². The number of ether oxygens (including phenoxy) is 1. The van der Waals surface area contributed by atoms with Gasteiger partial charge in [0.15, 0.2) is 0 Å². The highest BCUT2D eigenvalue weighted by atomic mass is 16.5. The van der Waals surface area contributed by atoms with E-state index in [1.807, 2.05) is 6.20 Å². The van der Waals surface area contributed by atoms with E-state index in [4.69, 9.17) is 4.74 Å². The standard InChI is InChI=1S/C18H22N2O/c1-13-3-4-14(2)18(9-13)21-12-17-6-5-15(11-20-17)10-19-16-7-8-16/h3-6,9,11,16,19H,7-8,10,12H2,1-2H3. The average molecular weight is 282 g/mol. The van der Waals surface area contributed by atoms with E-state index < -0.39 is 0 Å². The van der Waals surface area contributed by atoms with Crippen LogP contribution in [0.4, 0.5) is 0 Å². The maximum absolute atomic E-state index is 5.87. The van der Waals surface area contributed by atoms with E-state index in [2.05, 4.69) is 54.5 Å². The molecular formula is C18H22N2O. The Hall–Kier alpha value is -1.87. The zero-order valence-electron chi connectivity index (χ0n) is 12.7. The van der Waals surface area contributed by atoms with Gasteiger partial charge < -0.3 is 10.1 Å². The molecule has 0 unspecified atom stereocenters. The molecule has 1 fully saturated rings. The molecule has 1 heterocycles. The highest BCUT2D eigenvalue weighted by Crippen LogP contribution is 2.21. The molecule has 0 radical (unpaired) electrons. The van der Waals surface area contributed by atoms with E-state index >= 15 is 0 Å². The normalized spacial score (nSPS) is 14.2. The minimum absolute atomic E-state index is 0.515. The lowest BCUT2D eigenvalue weighted by atomic mass is 10.1. The Kier molecular flexibility index (Phi) is 4.20. The lowest BCUT2D eigenvalue weighted by Gasteiger charge is -2.10. The average Bonchev–Trinajstić information content (AvgIpc) is 3.31. The summed E-state index contributed by atoms with van der Waals surface area (Å²) in [7, 11) is 0. The van der Waals surface area contributed by atoms with Gasteiger partial charge in [0.05, 0.1) is 5.69 Å². The molecule has 0 saturated heterocycles. The van der Waals surface area contributed by atoms with Crippen molar-refractivity contribution in [2.45, 2.75) is 45.9 Å². The number of aromatic nitrogens is 1. The molecule has 2 aromatic rings. The van der Waals surface area contributed by atoms with Crippen molar-refractivity contribution in [2.75, 3.05) is 0 Å². The van der Waals surface area contributed by atoms with Crippen molar-refractivity contribution in [1.82, 2.24) is 10.3 Å². The Labute approximate surface area is 126 Å². The summed E-state index contributed by atoms with van der Waals surface area (Å²) in [5.41, 5.74) is 4.57. The van der Waals surface area contributed by atoms with Crippen molar-refractivity contribution >= 4 is 0 Å². The second-order valence-corrected chi connectivity index (χ2v) is 5.87. The summed E-state index contributed by atoms with van der Waals surface area (Å²) in [5, 5.41) is 3.49. The van der Waals surface area contributed by atoms with Crippen molar-refractivity contribution in [3.63, 3.8) is 0 Å². The van der Waals surface area contributed by atoms with Gasteiger partial charge in [0.1, 0.15) is 12.4 Å². The fraction of sp³-hybridized carbons (Fsp3) is 0.389. The summed E-state index contributed by atoms with van der Waals surface area (Å²) < 4.78 is 5.87. The lowest BCUT2D eigenvalue weighted by molar-refractivity contribution is 0.299. The van der Waals surface area contributed by atoms with Crippen LogP contribution in [0.2, 0.25) is 0 Å². The van der Waals surface area contributed by atoms with Gasteiger partial charge in [-0.2, -0.15) is 0 Å². The summed E-state index contributed by atoms with van der Waals surface area (Å²) in [6.07, 6.45) is 4.57. The number of aryl methyl sites for hydroxylation is 2. The number of nitrogens with zero attached hydrogens (tertiary/aromatic N) is 1. The second kappa shape index (κ2) is 6.27. The van der Waals surface area contributed by atoms with Crippen molar-refractivity contribution in [1.29, 1.82) is 0 Å². The first-order valence-corrected chi connectivity index (χ1v) is 7.58. The zero-order valence-corrected chi connectivity index (χ0v) is 12.7. The highest BCUT2D eigenvalue weighted by Gasteiger charge is 2.19. The third-order valence-corrected chi connectivity index (χ3v) is 3.78. The number of hydrogen-bond donors (Lipinski definition) is 1. The first-order chi connectivity index (χ1) is 10.2. The van der Waals surface area contributed by atoms with Gasteiger partial charge in [-0.1, -0.05) is 18.2 Å². The van der Waals surface area contributed by atoms with Gasteiger partial charge in [0, 0.05) is 18.8 Å². The summed E-state index contributed by atoms with van der Waals surface area (Å²) >= 11 is 0. The maximum Gasteiger partial charge on any atom is 0.130 e. The molecule has 1 aromatic carbocycles. The van der Waals surface area contributed by atoms with Gasteiger partial charge in [-0.15, -0.1) is 0 Å². The minimum Gasteiger partial charge on any atom is -0.487 e. The van der Waals surface area contributed by atoms with Crippen molar-refractivity contribution in [2.24, 2.45) is 0 Å². The van der Waals surface area contributed by atoms with Gasteiger partial charge in [-0.3, -0.25) is 4.98 Å². The number of rotatable bonds is 6. The Morgan fingerprint density at radius 3 is 2.76 bits per heavy atom. The topological polar surface area (TPSA) is 34.1 Å². The molecular weight excluding hydrogens is 260 g/mol. The summed E-state index contributed by atoms with van der Waals surface area (Å²) in [6, 6.07) is 11.2. The lowest BCUT2D eigenvalue weighted by Crippen LogP contribution is -2.15. The monoisotopic (exact) mass is 282 g/mol. The van der Waals surface area contributed by atoms with Crippen LogP contribution in [0.15, 0.2) is 36.5 Å². The van der Waals surface area contributed by atoms with Gasteiger partial charge >= 0.3 is 0 Å². The Balaban J connectivity index is 1.55. The highest BCUT2D eigenvalue weighted by molar-refractivity contribution is 5.36. The van der Waals surface area contributed by atoms with Crippen LogP contribution in [-0.2, 0) is 13.2 Å². The molecule has 1 N–H and O–H groups in total. The van der Waals surface area contributed by atoms with Crippen LogP contribution < -0.4 is 10.1 Å². The number of hydrogen-bond acceptors (Lipinski definition) is 3. The second-order valence-electron chi connectivity index (χ2n) is 5.87. The quantitative estimate of drug-likeness (QED) is 0.880. The molecule has 3 heteroatoms. The van der Waals surface area contributed by atoms with Crippen LogP contribution in [0.25, 0.3) is 0 Å². The van der Waals surface area contributed by atoms with Crippen molar-refractivity contribution in [3.05, 3.63) is 58.9 Å². The minimum atomic E-state index is 0.515. The van der Waals surface area contributed by atoms with Crippen LogP contribution in [-0.4, -0.2) is 11.0 Å². The molecule has 0 atom stereocenters. The molecule has 110 valence electrons. The first kappa shape index (κ1) is 14.1. The van der Waals surface area contributed by atoms with E-state index in [1.165, 1.54) is 24.0 Å². The van der Waals surface area contributed by atoms with Gasteiger partial charge in [-0.25, -0.2) is 0 Å². The molecule has 3 nitrogen and oxygen atoms in total. The number of pyridine rings is 1. The smallest absolute Gasteiger partial charge is 0.130 e. The summed E-state index contributed by atoms with van der Waals surface area (Å²) in [6.45, 7) is 5.57. The van der Waals surface area contributed by atoms with E-state index in [0.29, 0.717) is 6.61 Å². The molecule has 21 heavy (non-hydrogen) atoms. The fourth-order valence-electron chi connectivity index (χ4n) is 2.21. The molecule has 1 aliphatic rings. The van der Waals surface area contributed by atoms with Crippen LogP contribution in [0.1, 0.15) is 35.2 Å². The zero-order chi connectivity index (χ0) is 14.7. The number of benzene rings is 1. The van der Waals surface area contributed by atoms with Crippen LogP contribution >= 0.6 is 0 Å². The molecule has 1 saturated carbocycles. The van der Waals surface area contributed by atoms with Gasteiger partial charge in [0.2, 0.25) is 0 Å². The SMILES string of the molecule is Cc1ccc(C)c(OCc2ccc(CNC3CC3)cn2)c1.